The van der Waals surface area contributed by atoms with Gasteiger partial charge in [-0.3, -0.25) is 4.79 Å². The third-order valence-electron chi connectivity index (χ3n) is 4.90. The molecule has 0 saturated carbocycles. The van der Waals surface area contributed by atoms with Gasteiger partial charge in [0.25, 0.3) is 5.56 Å². The molecule has 2 heterocycles. The monoisotopic (exact) mass is 445 g/mol. The molecule has 1 aromatic carbocycles. The smallest absolute Gasteiger partial charge is 0.336 e. The fraction of sp³-hybridized carbons (Fsp3) is 0.409. The summed E-state index contributed by atoms with van der Waals surface area (Å²) in [5, 5.41) is 3.67. The first-order chi connectivity index (χ1) is 14.9. The van der Waals surface area contributed by atoms with Crippen LogP contribution in [0.1, 0.15) is 44.2 Å². The number of rotatable bonds is 8. The summed E-state index contributed by atoms with van der Waals surface area (Å²) in [5.74, 6) is 1.17. The minimum Gasteiger partial charge on any atom is -0.493 e. The van der Waals surface area contributed by atoms with Crippen LogP contribution in [0.15, 0.2) is 39.4 Å². The molecule has 1 aromatic heterocycles. The average molecular weight is 446 g/mol. The van der Waals surface area contributed by atoms with Crippen molar-refractivity contribution in [2.75, 3.05) is 31.9 Å². The molecule has 1 aliphatic heterocycles. The molecule has 0 bridgehead atoms. The summed E-state index contributed by atoms with van der Waals surface area (Å²) in [5.41, 5.74) is 1.72. The Balaban J connectivity index is 2.22. The molecule has 166 valence electrons. The van der Waals surface area contributed by atoms with Crippen molar-refractivity contribution in [3.63, 3.8) is 0 Å². The van der Waals surface area contributed by atoms with Crippen LogP contribution in [0.5, 0.6) is 11.5 Å². The number of thioether (sulfide) groups is 1. The number of allylic oxidation sites excluding steroid dienone is 1. The molecular weight excluding hydrogens is 418 g/mol. The first kappa shape index (κ1) is 22.7. The topological polar surface area (TPSA) is 103 Å². The molecular formula is C22H27N3O5S. The number of fused-ring (bicyclic) bond motifs is 1. The van der Waals surface area contributed by atoms with Gasteiger partial charge in [0.15, 0.2) is 16.7 Å². The van der Waals surface area contributed by atoms with E-state index in [4.69, 9.17) is 14.2 Å². The Labute approximate surface area is 185 Å². The molecule has 0 aliphatic carbocycles. The summed E-state index contributed by atoms with van der Waals surface area (Å²) < 4.78 is 16.1. The van der Waals surface area contributed by atoms with Crippen LogP contribution in [0.4, 0.5) is 5.82 Å². The Hall–Kier alpha value is -2.94. The van der Waals surface area contributed by atoms with E-state index in [1.807, 2.05) is 6.07 Å². The Bertz CT molecular complexity index is 1060. The Morgan fingerprint density at radius 1 is 1.19 bits per heavy atom. The average Bonchev–Trinajstić information content (AvgIpc) is 2.76. The van der Waals surface area contributed by atoms with Gasteiger partial charge < -0.3 is 24.5 Å². The van der Waals surface area contributed by atoms with Crippen LogP contribution < -0.4 is 20.3 Å². The van der Waals surface area contributed by atoms with Gasteiger partial charge in [0.1, 0.15) is 5.82 Å². The Kier molecular flexibility index (Phi) is 7.27. The van der Waals surface area contributed by atoms with E-state index in [9.17, 15) is 9.59 Å². The van der Waals surface area contributed by atoms with E-state index >= 15 is 0 Å². The number of hydrogen-bond donors (Lipinski definition) is 2. The number of H-pyrrole nitrogens is 1. The van der Waals surface area contributed by atoms with Crippen LogP contribution in [0.3, 0.4) is 0 Å². The van der Waals surface area contributed by atoms with Crippen molar-refractivity contribution in [3.8, 4) is 11.5 Å². The normalized spacial score (nSPS) is 15.2. The summed E-state index contributed by atoms with van der Waals surface area (Å²) in [4.78, 5) is 33.5. The second-order valence-corrected chi connectivity index (χ2v) is 8.00. The number of methoxy groups -OCH3 is 2. The van der Waals surface area contributed by atoms with Crippen molar-refractivity contribution in [2.45, 2.75) is 38.3 Å². The number of carbonyl (C=O) groups is 1. The van der Waals surface area contributed by atoms with Gasteiger partial charge in [0.2, 0.25) is 0 Å². The summed E-state index contributed by atoms with van der Waals surface area (Å²) in [6, 6.07) is 5.33. The maximum atomic E-state index is 13.2. The van der Waals surface area contributed by atoms with E-state index < -0.39 is 11.9 Å². The largest absolute Gasteiger partial charge is 0.493 e. The minimum absolute atomic E-state index is 0.225. The highest BCUT2D eigenvalue weighted by atomic mass is 32.2. The number of nitrogens with one attached hydrogen (secondary N) is 2. The first-order valence-electron chi connectivity index (χ1n) is 10.1. The quantitative estimate of drug-likeness (QED) is 0.360. The van der Waals surface area contributed by atoms with Crippen LogP contribution in [0.25, 0.3) is 0 Å². The molecule has 0 unspecified atom stereocenters. The first-order valence-corrected chi connectivity index (χ1v) is 11.1. The zero-order valence-electron chi connectivity index (χ0n) is 18.3. The van der Waals surface area contributed by atoms with Crippen LogP contribution in [0.2, 0.25) is 0 Å². The number of hydrogen-bond acceptors (Lipinski definition) is 8. The van der Waals surface area contributed by atoms with E-state index in [1.54, 1.807) is 33.1 Å². The van der Waals surface area contributed by atoms with Crippen molar-refractivity contribution in [1.82, 2.24) is 9.97 Å². The maximum Gasteiger partial charge on any atom is 0.336 e. The second kappa shape index (κ2) is 9.91. The van der Waals surface area contributed by atoms with E-state index in [0.717, 1.165) is 12.2 Å². The summed E-state index contributed by atoms with van der Waals surface area (Å²) in [6.07, 6.45) is 0.957. The fourth-order valence-electron chi connectivity index (χ4n) is 3.54. The third-order valence-corrected chi connectivity index (χ3v) is 5.98. The zero-order valence-corrected chi connectivity index (χ0v) is 19.1. The van der Waals surface area contributed by atoms with Crippen molar-refractivity contribution < 1.29 is 19.0 Å². The lowest BCUT2D eigenvalue weighted by Gasteiger charge is -2.29. The van der Waals surface area contributed by atoms with Crippen LogP contribution in [-0.4, -0.2) is 42.5 Å². The second-order valence-electron chi connectivity index (χ2n) is 6.91. The Morgan fingerprint density at radius 2 is 1.94 bits per heavy atom. The number of esters is 1. The van der Waals surface area contributed by atoms with Crippen molar-refractivity contribution in [3.05, 3.63) is 50.9 Å². The lowest BCUT2D eigenvalue weighted by molar-refractivity contribution is -0.138. The van der Waals surface area contributed by atoms with E-state index in [1.165, 1.54) is 18.9 Å². The van der Waals surface area contributed by atoms with Gasteiger partial charge in [-0.2, -0.15) is 0 Å². The third kappa shape index (κ3) is 4.56. The molecule has 31 heavy (non-hydrogen) atoms. The molecule has 2 aromatic rings. The van der Waals surface area contributed by atoms with Gasteiger partial charge in [-0.15, -0.1) is 0 Å². The highest BCUT2D eigenvalue weighted by molar-refractivity contribution is 7.99. The predicted molar refractivity (Wildman–Crippen MR) is 120 cm³/mol. The highest BCUT2D eigenvalue weighted by Crippen LogP contribution is 2.42. The predicted octanol–water partition coefficient (Wildman–Crippen LogP) is 3.68. The molecule has 0 spiro atoms. The number of anilines is 1. The van der Waals surface area contributed by atoms with Crippen LogP contribution >= 0.6 is 11.8 Å². The van der Waals surface area contributed by atoms with Gasteiger partial charge in [-0.05, 0) is 38.0 Å². The number of benzene rings is 1. The van der Waals surface area contributed by atoms with Gasteiger partial charge in [0, 0.05) is 11.4 Å². The van der Waals surface area contributed by atoms with Gasteiger partial charge >= 0.3 is 5.97 Å². The summed E-state index contributed by atoms with van der Waals surface area (Å²) in [7, 11) is 3.09. The van der Waals surface area contributed by atoms with Crippen molar-refractivity contribution in [2.24, 2.45) is 0 Å². The molecule has 3 rings (SSSR count). The molecule has 9 heteroatoms. The van der Waals surface area contributed by atoms with Crippen LogP contribution in [-0.2, 0) is 9.53 Å². The highest BCUT2D eigenvalue weighted by Gasteiger charge is 2.36. The van der Waals surface area contributed by atoms with Gasteiger partial charge in [0.05, 0.1) is 37.9 Å². The summed E-state index contributed by atoms with van der Waals surface area (Å²) >= 11 is 1.48. The van der Waals surface area contributed by atoms with Gasteiger partial charge in [-0.25, -0.2) is 9.78 Å². The number of carbonyl (C=O) groups excluding carboxylic acids is 1. The van der Waals surface area contributed by atoms with Crippen molar-refractivity contribution >= 4 is 23.5 Å². The van der Waals surface area contributed by atoms with E-state index in [-0.39, 0.29) is 12.2 Å². The molecule has 1 atom stereocenters. The van der Waals surface area contributed by atoms with Crippen molar-refractivity contribution in [1.29, 1.82) is 0 Å². The molecule has 0 fully saturated rings. The lowest BCUT2D eigenvalue weighted by Crippen LogP contribution is -2.31. The zero-order chi connectivity index (χ0) is 22.5. The number of aromatic amines is 1. The fourth-order valence-corrected chi connectivity index (χ4v) is 4.26. The Morgan fingerprint density at radius 3 is 2.58 bits per heavy atom. The number of nitrogens with zero attached hydrogens (tertiary/aromatic N) is 1. The number of ether oxygens (including phenoxy) is 3. The molecule has 0 radical (unpaired) electrons. The van der Waals surface area contributed by atoms with E-state index in [2.05, 4.69) is 22.2 Å². The lowest BCUT2D eigenvalue weighted by atomic mass is 9.82. The van der Waals surface area contributed by atoms with Gasteiger partial charge in [-0.1, -0.05) is 24.8 Å². The molecule has 1 aliphatic rings. The number of aromatic nitrogens is 2. The summed E-state index contributed by atoms with van der Waals surface area (Å²) in [6.45, 7) is 5.81. The molecule has 0 saturated heterocycles. The van der Waals surface area contributed by atoms with Crippen LogP contribution in [0, 0.1) is 0 Å². The molecule has 0 amide bonds. The molecule has 8 nitrogen and oxygen atoms in total. The SMILES string of the molecule is CCCSc1nc2c(c(=O)[nH]1)[C@H](c1ccc(OC)c(OC)c1)C(C(=O)OCC)=C(C)N2. The minimum atomic E-state index is -0.670. The maximum absolute atomic E-state index is 13.2. The molecule has 2 N–H and O–H groups in total. The standard InChI is InChI=1S/C22H27N3O5S/c1-6-10-31-22-24-19-18(20(26)25-22)17(16(12(3)23-19)21(27)30-7-2)13-8-9-14(28-4)15(11-13)29-5/h8-9,11,17H,6-7,10H2,1-5H3,(H2,23,24,25,26)/t17-/m1/s1. The van der Waals surface area contributed by atoms with E-state index in [0.29, 0.717) is 44.9 Å².